The molecule has 2 aliphatic rings. The highest BCUT2D eigenvalue weighted by molar-refractivity contribution is 5.99. The molecule has 0 amide bonds. The number of hydrogen-bond acceptors (Lipinski definition) is 6. The Hall–Kier alpha value is -3.61. The van der Waals surface area contributed by atoms with Crippen molar-refractivity contribution in [3.63, 3.8) is 0 Å². The first-order valence-electron chi connectivity index (χ1n) is 10.4. The van der Waals surface area contributed by atoms with Crippen LogP contribution in [0.25, 0.3) is 11.4 Å². The van der Waals surface area contributed by atoms with Gasteiger partial charge in [0.05, 0.1) is 14.2 Å². The standard InChI is InChI=1S/C24H24N4O3/c1-14-6-4-7-15(12-14)22-21-17(8-5-9-18(21)29)25-24-26-23(27-28(22)24)16-10-11-19(30-2)20(13-16)31-3/h4,6-7,10-13,22H,5,8-9H2,1-3H3,(H,25,26,27)/t22-/m0/s1. The van der Waals surface area contributed by atoms with Gasteiger partial charge in [-0.25, -0.2) is 4.68 Å². The molecule has 0 saturated carbocycles. The molecule has 1 aliphatic heterocycles. The summed E-state index contributed by atoms with van der Waals surface area (Å²) in [6.07, 6.45) is 2.25. The van der Waals surface area contributed by atoms with Crippen LogP contribution in [0.1, 0.15) is 36.4 Å². The zero-order chi connectivity index (χ0) is 21.5. The minimum atomic E-state index is -0.291. The largest absolute Gasteiger partial charge is 0.493 e. The van der Waals surface area contributed by atoms with Crippen molar-refractivity contribution in [1.29, 1.82) is 0 Å². The van der Waals surface area contributed by atoms with Crippen LogP contribution in [-0.4, -0.2) is 34.8 Å². The fraction of sp³-hybridized carbons (Fsp3) is 0.292. The molecule has 7 nitrogen and oxygen atoms in total. The molecule has 7 heteroatoms. The van der Waals surface area contributed by atoms with Gasteiger partial charge in [-0.1, -0.05) is 29.8 Å². The number of benzene rings is 2. The highest BCUT2D eigenvalue weighted by Gasteiger charge is 2.37. The molecule has 1 aromatic heterocycles. The van der Waals surface area contributed by atoms with Gasteiger partial charge >= 0.3 is 0 Å². The molecule has 1 atom stereocenters. The predicted octanol–water partition coefficient (Wildman–Crippen LogP) is 4.29. The molecular weight excluding hydrogens is 392 g/mol. The van der Waals surface area contributed by atoms with E-state index in [0.717, 1.165) is 40.8 Å². The normalized spacial score (nSPS) is 17.6. The summed E-state index contributed by atoms with van der Waals surface area (Å²) in [5, 5.41) is 8.20. The quantitative estimate of drug-likeness (QED) is 0.684. The van der Waals surface area contributed by atoms with Gasteiger partial charge in [-0.15, -0.1) is 5.10 Å². The third kappa shape index (κ3) is 3.26. The minimum absolute atomic E-state index is 0.175. The molecule has 5 rings (SSSR count). The number of ether oxygens (including phenoxy) is 2. The zero-order valence-electron chi connectivity index (χ0n) is 17.8. The minimum Gasteiger partial charge on any atom is -0.493 e. The van der Waals surface area contributed by atoms with Gasteiger partial charge in [-0.2, -0.15) is 4.98 Å². The number of rotatable bonds is 4. The molecule has 0 radical (unpaired) electrons. The maximum absolute atomic E-state index is 12.9. The lowest BCUT2D eigenvalue weighted by Gasteiger charge is -2.32. The summed E-state index contributed by atoms with van der Waals surface area (Å²) in [5.74, 6) is 2.64. The number of carbonyl (C=O) groups excluding carboxylic acids is 1. The van der Waals surface area contributed by atoms with Crippen molar-refractivity contribution in [2.24, 2.45) is 0 Å². The van der Waals surface area contributed by atoms with Crippen LogP contribution in [0.2, 0.25) is 0 Å². The Labute approximate surface area is 180 Å². The monoisotopic (exact) mass is 416 g/mol. The number of allylic oxidation sites excluding steroid dienone is 2. The average Bonchev–Trinajstić information content (AvgIpc) is 3.21. The van der Waals surface area contributed by atoms with E-state index in [1.54, 1.807) is 14.2 Å². The Kier molecular flexibility index (Phi) is 4.73. The van der Waals surface area contributed by atoms with E-state index in [0.29, 0.717) is 29.7 Å². The van der Waals surface area contributed by atoms with Crippen LogP contribution >= 0.6 is 0 Å². The second-order valence-corrected chi connectivity index (χ2v) is 7.88. The Balaban J connectivity index is 1.65. The first-order chi connectivity index (χ1) is 15.1. The van der Waals surface area contributed by atoms with E-state index in [9.17, 15) is 4.79 Å². The van der Waals surface area contributed by atoms with Gasteiger partial charge in [0.1, 0.15) is 6.04 Å². The molecule has 0 saturated heterocycles. The number of nitrogens with zero attached hydrogens (tertiary/aromatic N) is 3. The summed E-state index contributed by atoms with van der Waals surface area (Å²) in [4.78, 5) is 17.7. The van der Waals surface area contributed by atoms with Gasteiger partial charge in [0, 0.05) is 23.3 Å². The SMILES string of the molecule is COc1ccc(-c2nc3n(n2)[C@@H](c2cccc(C)c2)C2=C(CCCC2=O)N3)cc1OC. The first-order valence-corrected chi connectivity index (χ1v) is 10.4. The van der Waals surface area contributed by atoms with Crippen LogP contribution in [0, 0.1) is 6.92 Å². The lowest BCUT2D eigenvalue weighted by molar-refractivity contribution is -0.116. The number of methoxy groups -OCH3 is 2. The van der Waals surface area contributed by atoms with Gasteiger partial charge in [0.2, 0.25) is 5.95 Å². The van der Waals surface area contributed by atoms with Gasteiger partial charge in [-0.05, 0) is 43.5 Å². The molecule has 0 bridgehead atoms. The van der Waals surface area contributed by atoms with Crippen LogP contribution in [0.3, 0.4) is 0 Å². The molecule has 0 spiro atoms. The van der Waals surface area contributed by atoms with Crippen molar-refractivity contribution < 1.29 is 14.3 Å². The molecule has 0 unspecified atom stereocenters. The maximum atomic E-state index is 12.9. The molecule has 0 fully saturated rings. The second kappa shape index (κ2) is 7.58. The van der Waals surface area contributed by atoms with Crippen molar-refractivity contribution in [2.45, 2.75) is 32.2 Å². The predicted molar refractivity (Wildman–Crippen MR) is 117 cm³/mol. The van der Waals surface area contributed by atoms with E-state index < -0.39 is 0 Å². The summed E-state index contributed by atoms with van der Waals surface area (Å²) in [6, 6.07) is 13.6. The van der Waals surface area contributed by atoms with Crippen molar-refractivity contribution >= 4 is 11.7 Å². The number of carbonyl (C=O) groups is 1. The highest BCUT2D eigenvalue weighted by atomic mass is 16.5. The number of Topliss-reactive ketones (excluding diaryl/α,β-unsaturated/α-hetero) is 1. The van der Waals surface area contributed by atoms with Gasteiger partial charge in [0.25, 0.3) is 0 Å². The van der Waals surface area contributed by atoms with E-state index in [2.05, 4.69) is 30.4 Å². The van der Waals surface area contributed by atoms with Gasteiger partial charge < -0.3 is 14.8 Å². The number of aromatic nitrogens is 3. The van der Waals surface area contributed by atoms with Gasteiger partial charge in [-0.3, -0.25) is 4.79 Å². The van der Waals surface area contributed by atoms with E-state index >= 15 is 0 Å². The Morgan fingerprint density at radius 1 is 1.06 bits per heavy atom. The number of anilines is 1. The Bertz CT molecular complexity index is 1210. The molecule has 158 valence electrons. The molecule has 3 aromatic rings. The van der Waals surface area contributed by atoms with Crippen LogP contribution in [0.5, 0.6) is 11.5 Å². The summed E-state index contributed by atoms with van der Waals surface area (Å²) < 4.78 is 12.6. The van der Waals surface area contributed by atoms with Crippen molar-refractivity contribution in [3.05, 3.63) is 64.9 Å². The number of nitrogens with one attached hydrogen (secondary N) is 1. The lowest BCUT2D eigenvalue weighted by atomic mass is 9.85. The van der Waals surface area contributed by atoms with Crippen LogP contribution in [-0.2, 0) is 4.79 Å². The molecule has 1 N–H and O–H groups in total. The Morgan fingerprint density at radius 2 is 1.90 bits per heavy atom. The second-order valence-electron chi connectivity index (χ2n) is 7.88. The fourth-order valence-corrected chi connectivity index (χ4v) is 4.40. The van der Waals surface area contributed by atoms with E-state index in [1.165, 1.54) is 0 Å². The van der Waals surface area contributed by atoms with E-state index in [4.69, 9.17) is 19.6 Å². The van der Waals surface area contributed by atoms with Crippen molar-refractivity contribution in [1.82, 2.24) is 14.8 Å². The number of hydrogen-bond donors (Lipinski definition) is 1. The lowest BCUT2D eigenvalue weighted by Crippen LogP contribution is -2.31. The third-order valence-corrected chi connectivity index (χ3v) is 5.87. The van der Waals surface area contributed by atoms with Crippen molar-refractivity contribution in [3.8, 4) is 22.9 Å². The van der Waals surface area contributed by atoms with Gasteiger partial charge in [0.15, 0.2) is 23.1 Å². The third-order valence-electron chi connectivity index (χ3n) is 5.87. The fourth-order valence-electron chi connectivity index (χ4n) is 4.40. The molecular formula is C24H24N4O3. The summed E-state index contributed by atoms with van der Waals surface area (Å²) in [5.41, 5.74) is 4.75. The Morgan fingerprint density at radius 3 is 2.68 bits per heavy atom. The zero-order valence-corrected chi connectivity index (χ0v) is 17.8. The topological polar surface area (TPSA) is 78.3 Å². The summed E-state index contributed by atoms with van der Waals surface area (Å²) >= 11 is 0. The molecule has 2 aromatic carbocycles. The highest BCUT2D eigenvalue weighted by Crippen LogP contribution is 2.41. The summed E-state index contributed by atoms with van der Waals surface area (Å²) in [6.45, 7) is 2.06. The van der Waals surface area contributed by atoms with Crippen LogP contribution < -0.4 is 14.8 Å². The maximum Gasteiger partial charge on any atom is 0.226 e. The smallest absolute Gasteiger partial charge is 0.226 e. The average molecular weight is 416 g/mol. The van der Waals surface area contributed by atoms with E-state index in [-0.39, 0.29) is 11.8 Å². The van der Waals surface area contributed by atoms with Crippen molar-refractivity contribution in [2.75, 3.05) is 19.5 Å². The van der Waals surface area contributed by atoms with E-state index in [1.807, 2.05) is 28.9 Å². The molecule has 1 aliphatic carbocycles. The first kappa shape index (κ1) is 19.4. The molecule has 2 heterocycles. The van der Waals surface area contributed by atoms with Crippen LogP contribution in [0.4, 0.5) is 5.95 Å². The number of aryl methyl sites for hydroxylation is 1. The summed E-state index contributed by atoms with van der Waals surface area (Å²) in [7, 11) is 3.21. The van der Waals surface area contributed by atoms with Crippen LogP contribution in [0.15, 0.2) is 53.7 Å². The number of fused-ring (bicyclic) bond motifs is 1. The molecule has 31 heavy (non-hydrogen) atoms. The number of ketones is 1.